The highest BCUT2D eigenvalue weighted by Crippen LogP contribution is 2.48. The van der Waals surface area contributed by atoms with Gasteiger partial charge in [-0.3, -0.25) is 4.79 Å². The molecule has 7 nitrogen and oxygen atoms in total. The van der Waals surface area contributed by atoms with Crippen LogP contribution in [-0.2, 0) is 6.54 Å². The van der Waals surface area contributed by atoms with Gasteiger partial charge in [0.15, 0.2) is 5.65 Å². The van der Waals surface area contributed by atoms with Crippen molar-refractivity contribution in [1.82, 2.24) is 29.4 Å². The molecule has 7 heteroatoms. The Bertz CT molecular complexity index is 1180. The molecule has 0 radical (unpaired) electrons. The summed E-state index contributed by atoms with van der Waals surface area (Å²) in [7, 11) is 0. The average Bonchev–Trinajstić information content (AvgIpc) is 3.35. The van der Waals surface area contributed by atoms with Gasteiger partial charge < -0.3 is 14.5 Å². The standard InChI is InChI=1S/C22H22N6O/c1-22(2)13-28(21(29)17-9-8-16-19(26-17)25-14-24-16)18(22)20-23-10-11-27(20)12-15-6-4-3-5-7-15/h3-11,14,18H,12-13H2,1-2H3,(H,24,25,26). The smallest absolute Gasteiger partial charge is 0.273 e. The number of H-pyrrole nitrogens is 1. The first-order chi connectivity index (χ1) is 14.0. The monoisotopic (exact) mass is 386 g/mol. The van der Waals surface area contributed by atoms with Crippen molar-refractivity contribution >= 4 is 17.1 Å². The topological polar surface area (TPSA) is 79.7 Å². The minimum Gasteiger partial charge on any atom is -0.343 e. The van der Waals surface area contributed by atoms with Crippen molar-refractivity contribution in [3.05, 3.63) is 78.3 Å². The third-order valence-electron chi connectivity index (χ3n) is 5.58. The van der Waals surface area contributed by atoms with E-state index < -0.39 is 0 Å². The van der Waals surface area contributed by atoms with Crippen LogP contribution in [0, 0.1) is 5.41 Å². The van der Waals surface area contributed by atoms with Gasteiger partial charge >= 0.3 is 0 Å². The summed E-state index contributed by atoms with van der Waals surface area (Å²) in [5.74, 6) is 0.813. The molecule has 146 valence electrons. The number of nitrogens with one attached hydrogen (secondary N) is 1. The fourth-order valence-electron chi connectivity index (χ4n) is 4.18. The summed E-state index contributed by atoms with van der Waals surface area (Å²) in [5.41, 5.74) is 2.92. The molecule has 4 heterocycles. The van der Waals surface area contributed by atoms with Crippen LogP contribution in [-0.4, -0.2) is 41.9 Å². The Labute approximate surface area is 168 Å². The Kier molecular flexibility index (Phi) is 3.97. The summed E-state index contributed by atoms with van der Waals surface area (Å²) in [6, 6.07) is 13.8. The van der Waals surface area contributed by atoms with E-state index in [1.54, 1.807) is 12.4 Å². The highest BCUT2D eigenvalue weighted by Gasteiger charge is 2.51. The second-order valence-electron chi connectivity index (χ2n) is 8.19. The highest BCUT2D eigenvalue weighted by atomic mass is 16.2. The zero-order chi connectivity index (χ0) is 20.0. The normalized spacial score (nSPS) is 18.0. The van der Waals surface area contributed by atoms with E-state index >= 15 is 0 Å². The maximum absolute atomic E-state index is 13.2. The molecule has 1 aromatic carbocycles. The van der Waals surface area contributed by atoms with Crippen LogP contribution in [0.5, 0.6) is 0 Å². The van der Waals surface area contributed by atoms with Crippen LogP contribution in [0.4, 0.5) is 0 Å². The van der Waals surface area contributed by atoms with Crippen molar-refractivity contribution in [1.29, 1.82) is 0 Å². The Hall–Kier alpha value is -3.48. The number of likely N-dealkylation sites (tertiary alicyclic amines) is 1. The molecule has 0 saturated carbocycles. The van der Waals surface area contributed by atoms with Gasteiger partial charge in [0.1, 0.15) is 11.5 Å². The van der Waals surface area contributed by atoms with Crippen LogP contribution in [0.25, 0.3) is 11.2 Å². The van der Waals surface area contributed by atoms with E-state index in [1.807, 2.05) is 41.6 Å². The lowest BCUT2D eigenvalue weighted by Crippen LogP contribution is -2.58. The third-order valence-corrected chi connectivity index (χ3v) is 5.58. The van der Waals surface area contributed by atoms with Crippen LogP contribution < -0.4 is 0 Å². The maximum Gasteiger partial charge on any atom is 0.273 e. The number of aromatic amines is 1. The molecular formula is C22H22N6O. The lowest BCUT2D eigenvalue weighted by molar-refractivity contribution is -0.0380. The number of carbonyl (C=O) groups excluding carboxylic acids is 1. The summed E-state index contributed by atoms with van der Waals surface area (Å²) in [6.45, 7) is 5.73. The minimum absolute atomic E-state index is 0.0636. The van der Waals surface area contributed by atoms with Crippen molar-refractivity contribution in [3.63, 3.8) is 0 Å². The second kappa shape index (κ2) is 6.55. The zero-order valence-corrected chi connectivity index (χ0v) is 16.4. The Morgan fingerprint density at radius 3 is 2.79 bits per heavy atom. The molecule has 1 aliphatic rings. The summed E-state index contributed by atoms with van der Waals surface area (Å²) in [4.78, 5) is 31.3. The lowest BCUT2D eigenvalue weighted by atomic mass is 9.74. The number of amides is 1. The first-order valence-corrected chi connectivity index (χ1v) is 9.69. The fraction of sp³-hybridized carbons (Fsp3) is 0.273. The molecule has 0 bridgehead atoms. The number of rotatable bonds is 4. The predicted molar refractivity (Wildman–Crippen MR) is 109 cm³/mol. The van der Waals surface area contributed by atoms with E-state index in [0.29, 0.717) is 17.9 Å². The van der Waals surface area contributed by atoms with Crippen molar-refractivity contribution in [2.45, 2.75) is 26.4 Å². The van der Waals surface area contributed by atoms with Crippen LogP contribution in [0.1, 0.15) is 41.8 Å². The van der Waals surface area contributed by atoms with Gasteiger partial charge in [0.25, 0.3) is 5.91 Å². The van der Waals surface area contributed by atoms with Gasteiger partial charge in [-0.2, -0.15) is 0 Å². The van der Waals surface area contributed by atoms with E-state index in [4.69, 9.17) is 0 Å². The van der Waals surface area contributed by atoms with Crippen molar-refractivity contribution < 1.29 is 4.79 Å². The van der Waals surface area contributed by atoms with Crippen molar-refractivity contribution in [3.8, 4) is 0 Å². The number of fused-ring (bicyclic) bond motifs is 1. The summed E-state index contributed by atoms with van der Waals surface area (Å²) in [5, 5.41) is 0. The molecule has 4 aromatic rings. The molecular weight excluding hydrogens is 364 g/mol. The third kappa shape index (κ3) is 2.99. The fourth-order valence-corrected chi connectivity index (χ4v) is 4.18. The molecule has 1 N–H and O–H groups in total. The van der Waals surface area contributed by atoms with E-state index in [0.717, 1.165) is 17.9 Å². The lowest BCUT2D eigenvalue weighted by Gasteiger charge is -2.53. The SMILES string of the molecule is CC1(C)CN(C(=O)c2ccc3[nH]cnc3n2)C1c1nccn1Cc1ccccc1. The average molecular weight is 386 g/mol. The van der Waals surface area contributed by atoms with Gasteiger partial charge in [-0.25, -0.2) is 15.0 Å². The molecule has 1 amide bonds. The number of hydrogen-bond donors (Lipinski definition) is 1. The van der Waals surface area contributed by atoms with Crippen LogP contribution >= 0.6 is 0 Å². The summed E-state index contributed by atoms with van der Waals surface area (Å²) >= 11 is 0. The van der Waals surface area contributed by atoms with E-state index in [-0.39, 0.29) is 17.4 Å². The molecule has 0 aliphatic carbocycles. The number of benzene rings is 1. The maximum atomic E-state index is 13.2. The van der Waals surface area contributed by atoms with Gasteiger partial charge in [-0.1, -0.05) is 44.2 Å². The summed E-state index contributed by atoms with van der Waals surface area (Å²) < 4.78 is 2.13. The molecule has 1 aliphatic heterocycles. The van der Waals surface area contributed by atoms with Crippen LogP contribution in [0.3, 0.4) is 0 Å². The summed E-state index contributed by atoms with van der Waals surface area (Å²) in [6.07, 6.45) is 5.37. The molecule has 3 aromatic heterocycles. The first kappa shape index (κ1) is 17.6. The Morgan fingerprint density at radius 2 is 2.00 bits per heavy atom. The molecule has 5 rings (SSSR count). The number of nitrogens with zero attached hydrogens (tertiary/aromatic N) is 5. The number of carbonyl (C=O) groups is 1. The van der Waals surface area contributed by atoms with Crippen LogP contribution in [0.2, 0.25) is 0 Å². The molecule has 1 unspecified atom stereocenters. The zero-order valence-electron chi connectivity index (χ0n) is 16.4. The quantitative estimate of drug-likeness (QED) is 0.583. The molecule has 1 fully saturated rings. The molecule has 1 atom stereocenters. The first-order valence-electron chi connectivity index (χ1n) is 9.69. The van der Waals surface area contributed by atoms with Crippen molar-refractivity contribution in [2.24, 2.45) is 5.41 Å². The van der Waals surface area contributed by atoms with E-state index in [2.05, 4.69) is 50.5 Å². The molecule has 0 spiro atoms. The number of hydrogen-bond acceptors (Lipinski definition) is 4. The van der Waals surface area contributed by atoms with Gasteiger partial charge in [-0.15, -0.1) is 0 Å². The highest BCUT2D eigenvalue weighted by molar-refractivity contribution is 5.95. The van der Waals surface area contributed by atoms with Gasteiger partial charge in [0.05, 0.1) is 17.9 Å². The number of aromatic nitrogens is 5. The van der Waals surface area contributed by atoms with Crippen LogP contribution in [0.15, 0.2) is 61.2 Å². The van der Waals surface area contributed by atoms with E-state index in [1.165, 1.54) is 5.56 Å². The van der Waals surface area contributed by atoms with Gasteiger partial charge in [0, 0.05) is 30.9 Å². The minimum atomic E-state index is -0.106. The Morgan fingerprint density at radius 1 is 1.17 bits per heavy atom. The number of imidazole rings is 2. The predicted octanol–water partition coefficient (Wildman–Crippen LogP) is 3.43. The van der Waals surface area contributed by atoms with E-state index in [9.17, 15) is 4.79 Å². The largest absolute Gasteiger partial charge is 0.343 e. The van der Waals surface area contributed by atoms with Gasteiger partial charge in [0.2, 0.25) is 0 Å². The Balaban J connectivity index is 1.46. The van der Waals surface area contributed by atoms with Crippen molar-refractivity contribution in [2.75, 3.05) is 6.54 Å². The number of pyridine rings is 1. The second-order valence-corrected chi connectivity index (χ2v) is 8.19. The molecule has 29 heavy (non-hydrogen) atoms. The van der Waals surface area contributed by atoms with Gasteiger partial charge in [-0.05, 0) is 17.7 Å². The molecule has 1 saturated heterocycles.